The topological polar surface area (TPSA) is 61.5 Å². The van der Waals surface area contributed by atoms with Gasteiger partial charge in [0.25, 0.3) is 0 Å². The van der Waals surface area contributed by atoms with Crippen molar-refractivity contribution in [3.8, 4) is 5.75 Å². The smallest absolute Gasteiger partial charge is 0.344 e. The summed E-state index contributed by atoms with van der Waals surface area (Å²) < 4.78 is 10.2. The molecule has 0 aliphatic heterocycles. The van der Waals surface area contributed by atoms with Crippen molar-refractivity contribution in [3.05, 3.63) is 28.8 Å². The maximum absolute atomic E-state index is 11.3. The van der Waals surface area contributed by atoms with E-state index in [4.69, 9.17) is 39.0 Å². The monoisotopic (exact) mass is 287 g/mol. The van der Waals surface area contributed by atoms with Crippen LogP contribution in [-0.2, 0) is 9.53 Å². The minimum atomic E-state index is -0.445. The second-order valence-corrected chi connectivity index (χ2v) is 4.68. The van der Waals surface area contributed by atoms with E-state index in [1.54, 1.807) is 32.0 Å². The third-order valence-electron chi connectivity index (χ3n) is 1.93. The predicted molar refractivity (Wildman–Crippen MR) is 74.1 cm³/mol. The van der Waals surface area contributed by atoms with Gasteiger partial charge in [-0.1, -0.05) is 23.8 Å². The molecule has 0 aliphatic carbocycles. The number of carbonyl (C=O) groups excluding carboxylic acids is 1. The van der Waals surface area contributed by atoms with Crippen molar-refractivity contribution >= 4 is 34.8 Å². The lowest BCUT2D eigenvalue weighted by Crippen LogP contribution is -2.19. The Morgan fingerprint density at radius 2 is 2.17 bits per heavy atom. The Labute approximate surface area is 116 Å². The Morgan fingerprint density at radius 1 is 1.50 bits per heavy atom. The number of hydrogen-bond acceptors (Lipinski definition) is 4. The maximum Gasteiger partial charge on any atom is 0.344 e. The molecular weight excluding hydrogens is 274 g/mol. The van der Waals surface area contributed by atoms with Gasteiger partial charge in [-0.25, -0.2) is 4.79 Å². The third kappa shape index (κ3) is 4.50. The zero-order valence-electron chi connectivity index (χ0n) is 10.1. The van der Waals surface area contributed by atoms with E-state index in [-0.39, 0.29) is 17.7 Å². The Hall–Kier alpha value is -1.33. The van der Waals surface area contributed by atoms with Crippen LogP contribution in [0.5, 0.6) is 5.75 Å². The van der Waals surface area contributed by atoms with Gasteiger partial charge < -0.3 is 15.2 Å². The molecule has 6 heteroatoms. The van der Waals surface area contributed by atoms with Crippen LogP contribution in [0.2, 0.25) is 5.02 Å². The molecule has 1 aromatic carbocycles. The molecule has 0 radical (unpaired) electrons. The zero-order valence-corrected chi connectivity index (χ0v) is 11.7. The van der Waals surface area contributed by atoms with Crippen LogP contribution < -0.4 is 10.5 Å². The van der Waals surface area contributed by atoms with Crippen LogP contribution in [-0.4, -0.2) is 23.7 Å². The molecule has 0 bridgehead atoms. The van der Waals surface area contributed by atoms with E-state index in [2.05, 4.69) is 0 Å². The van der Waals surface area contributed by atoms with Gasteiger partial charge in [0.15, 0.2) is 6.61 Å². The summed E-state index contributed by atoms with van der Waals surface area (Å²) in [6, 6.07) is 4.88. The van der Waals surface area contributed by atoms with E-state index in [0.29, 0.717) is 16.3 Å². The highest BCUT2D eigenvalue weighted by molar-refractivity contribution is 7.80. The number of esters is 1. The first-order valence-electron chi connectivity index (χ1n) is 5.31. The molecule has 1 aromatic rings. The van der Waals surface area contributed by atoms with Crippen molar-refractivity contribution in [1.29, 1.82) is 0 Å². The standard InChI is InChI=1S/C12H14ClNO3S/c1-7(2)17-11(15)6-16-10-4-3-8(12(14)18)5-9(10)13/h3-5,7H,6H2,1-2H3,(H2,14,18). The molecule has 1 rings (SSSR count). The van der Waals surface area contributed by atoms with E-state index in [1.165, 1.54) is 0 Å². The zero-order chi connectivity index (χ0) is 13.7. The number of benzene rings is 1. The van der Waals surface area contributed by atoms with Crippen molar-refractivity contribution in [1.82, 2.24) is 0 Å². The van der Waals surface area contributed by atoms with Crippen molar-refractivity contribution in [2.45, 2.75) is 20.0 Å². The molecule has 0 aromatic heterocycles. The Balaban J connectivity index is 2.63. The van der Waals surface area contributed by atoms with E-state index in [1.807, 2.05) is 0 Å². The van der Waals surface area contributed by atoms with E-state index in [9.17, 15) is 4.79 Å². The lowest BCUT2D eigenvalue weighted by Gasteiger charge is -2.10. The van der Waals surface area contributed by atoms with Gasteiger partial charge in [-0.15, -0.1) is 0 Å². The number of thiocarbonyl (C=S) groups is 1. The molecule has 0 fully saturated rings. The molecule has 18 heavy (non-hydrogen) atoms. The highest BCUT2D eigenvalue weighted by Gasteiger charge is 2.09. The van der Waals surface area contributed by atoms with Gasteiger partial charge in [0.1, 0.15) is 10.7 Å². The van der Waals surface area contributed by atoms with Gasteiger partial charge >= 0.3 is 5.97 Å². The summed E-state index contributed by atoms with van der Waals surface area (Å²) >= 11 is 10.8. The van der Waals surface area contributed by atoms with Crippen molar-refractivity contribution in [3.63, 3.8) is 0 Å². The van der Waals surface area contributed by atoms with Crippen LogP contribution in [0.25, 0.3) is 0 Å². The maximum atomic E-state index is 11.3. The number of hydrogen-bond donors (Lipinski definition) is 1. The molecule has 4 nitrogen and oxygen atoms in total. The molecule has 0 unspecified atom stereocenters. The summed E-state index contributed by atoms with van der Waals surface area (Å²) in [4.78, 5) is 11.5. The molecular formula is C12H14ClNO3S. The van der Waals surface area contributed by atoms with Crippen LogP contribution in [0.1, 0.15) is 19.4 Å². The summed E-state index contributed by atoms with van der Waals surface area (Å²) in [5.41, 5.74) is 6.11. The summed E-state index contributed by atoms with van der Waals surface area (Å²) in [6.45, 7) is 3.34. The fourth-order valence-electron chi connectivity index (χ4n) is 1.20. The molecule has 0 spiro atoms. The van der Waals surface area contributed by atoms with Gasteiger partial charge in [-0.3, -0.25) is 0 Å². The van der Waals surface area contributed by atoms with Gasteiger partial charge in [-0.2, -0.15) is 0 Å². The summed E-state index contributed by atoms with van der Waals surface area (Å²) in [6.07, 6.45) is -0.173. The molecule has 2 N–H and O–H groups in total. The first-order valence-corrected chi connectivity index (χ1v) is 6.10. The second-order valence-electron chi connectivity index (χ2n) is 3.84. The van der Waals surface area contributed by atoms with Crippen LogP contribution in [0.3, 0.4) is 0 Å². The van der Waals surface area contributed by atoms with Crippen LogP contribution in [0.15, 0.2) is 18.2 Å². The molecule has 0 aliphatic rings. The molecule has 0 heterocycles. The van der Waals surface area contributed by atoms with E-state index < -0.39 is 5.97 Å². The van der Waals surface area contributed by atoms with E-state index in [0.717, 1.165) is 0 Å². The lowest BCUT2D eigenvalue weighted by atomic mass is 10.2. The normalized spacial score (nSPS) is 10.2. The average Bonchev–Trinajstić information content (AvgIpc) is 2.26. The minimum absolute atomic E-state index is 0.173. The molecule has 0 saturated heterocycles. The van der Waals surface area contributed by atoms with Crippen LogP contribution in [0, 0.1) is 0 Å². The van der Waals surface area contributed by atoms with Crippen LogP contribution in [0.4, 0.5) is 0 Å². The first kappa shape index (κ1) is 14.7. The molecule has 98 valence electrons. The number of halogens is 1. The highest BCUT2D eigenvalue weighted by Crippen LogP contribution is 2.25. The fraction of sp³-hybridized carbons (Fsp3) is 0.333. The van der Waals surface area contributed by atoms with Gasteiger partial charge in [0.2, 0.25) is 0 Å². The van der Waals surface area contributed by atoms with E-state index >= 15 is 0 Å². The first-order chi connectivity index (χ1) is 8.40. The van der Waals surface area contributed by atoms with Crippen LogP contribution >= 0.6 is 23.8 Å². The average molecular weight is 288 g/mol. The second kappa shape index (κ2) is 6.56. The molecule has 0 atom stereocenters. The Morgan fingerprint density at radius 3 is 2.67 bits per heavy atom. The van der Waals surface area contributed by atoms with Crippen molar-refractivity contribution in [2.24, 2.45) is 5.73 Å². The number of rotatable bonds is 5. The summed E-state index contributed by atoms with van der Waals surface area (Å²) in [7, 11) is 0. The minimum Gasteiger partial charge on any atom is -0.480 e. The highest BCUT2D eigenvalue weighted by atomic mass is 35.5. The number of carbonyl (C=O) groups is 1. The summed E-state index contributed by atoms with van der Waals surface area (Å²) in [5.74, 6) is -0.0585. The van der Waals surface area contributed by atoms with Gasteiger partial charge in [0.05, 0.1) is 11.1 Å². The number of nitrogens with two attached hydrogens (primary N) is 1. The lowest BCUT2D eigenvalue weighted by molar-refractivity contribution is -0.149. The summed E-state index contributed by atoms with van der Waals surface area (Å²) in [5, 5.41) is 0.345. The quantitative estimate of drug-likeness (QED) is 0.665. The van der Waals surface area contributed by atoms with Gasteiger partial charge in [0, 0.05) is 5.56 Å². The third-order valence-corrected chi connectivity index (χ3v) is 2.46. The fourth-order valence-corrected chi connectivity index (χ4v) is 1.57. The van der Waals surface area contributed by atoms with Gasteiger partial charge in [-0.05, 0) is 32.0 Å². The SMILES string of the molecule is CC(C)OC(=O)COc1ccc(C(N)=S)cc1Cl. The van der Waals surface area contributed by atoms with Crippen molar-refractivity contribution < 1.29 is 14.3 Å². The Bertz CT molecular complexity index is 463. The molecule has 0 amide bonds. The Kier molecular flexibility index (Phi) is 5.37. The predicted octanol–water partition coefficient (Wildman–Crippen LogP) is 2.30. The largest absolute Gasteiger partial charge is 0.480 e. The number of ether oxygens (including phenoxy) is 2. The van der Waals surface area contributed by atoms with Crippen molar-refractivity contribution in [2.75, 3.05) is 6.61 Å². The molecule has 0 saturated carbocycles.